The van der Waals surface area contributed by atoms with Gasteiger partial charge in [0.2, 0.25) is 5.82 Å². The van der Waals surface area contributed by atoms with Gasteiger partial charge in [-0.05, 0) is 35.9 Å². The number of amides is 1. The third-order valence-electron chi connectivity index (χ3n) is 4.62. The molecule has 0 aliphatic carbocycles. The van der Waals surface area contributed by atoms with Crippen molar-refractivity contribution >= 4 is 40.7 Å². The molecule has 29 heavy (non-hydrogen) atoms. The first kappa shape index (κ1) is 20.1. The average molecular weight is 449 g/mol. The van der Waals surface area contributed by atoms with Crippen LogP contribution in [0.1, 0.15) is 10.6 Å². The van der Waals surface area contributed by atoms with E-state index < -0.39 is 0 Å². The number of rotatable bonds is 3. The summed E-state index contributed by atoms with van der Waals surface area (Å²) in [5.41, 5.74) is 2.82. The molecule has 1 fully saturated rings. The highest BCUT2D eigenvalue weighted by Crippen LogP contribution is 2.36. The molecule has 2 heterocycles. The molecule has 1 aliphatic rings. The molecule has 0 spiro atoms. The van der Waals surface area contributed by atoms with E-state index in [-0.39, 0.29) is 11.7 Å². The summed E-state index contributed by atoms with van der Waals surface area (Å²) in [4.78, 5) is 23.5. The summed E-state index contributed by atoms with van der Waals surface area (Å²) in [6, 6.07) is 12.5. The Morgan fingerprint density at radius 3 is 2.31 bits per heavy atom. The summed E-state index contributed by atoms with van der Waals surface area (Å²) >= 11 is 18.5. The van der Waals surface area contributed by atoms with Crippen LogP contribution in [0.4, 0.5) is 0 Å². The van der Waals surface area contributed by atoms with Crippen LogP contribution in [0.5, 0.6) is 0 Å². The van der Waals surface area contributed by atoms with Gasteiger partial charge in [0.1, 0.15) is 0 Å². The first-order valence-corrected chi connectivity index (χ1v) is 10.1. The molecule has 0 atom stereocenters. The molecule has 0 unspecified atom stereocenters. The van der Waals surface area contributed by atoms with Gasteiger partial charge in [-0.25, -0.2) is 9.97 Å². The fourth-order valence-corrected chi connectivity index (χ4v) is 3.74. The average Bonchev–Trinajstić information content (AvgIpc) is 2.74. The lowest BCUT2D eigenvalue weighted by Crippen LogP contribution is -2.41. The molecule has 5 nitrogen and oxygen atoms in total. The quantitative estimate of drug-likeness (QED) is 0.549. The standard InChI is InChI=1S/C21H16Cl3N3O2/c22-14-3-1-13(2-4-14)17-12-25-20(21(28)27-7-9-29-10-8-27)26-19(17)16-6-5-15(23)11-18(16)24/h1-6,11-12H,7-10H2. The number of hydrogen-bond donors (Lipinski definition) is 0. The summed E-state index contributed by atoms with van der Waals surface area (Å²) in [7, 11) is 0. The minimum atomic E-state index is -0.234. The number of ether oxygens (including phenoxy) is 1. The van der Waals surface area contributed by atoms with Gasteiger partial charge in [-0.2, -0.15) is 0 Å². The fourth-order valence-electron chi connectivity index (χ4n) is 3.12. The Morgan fingerprint density at radius 1 is 0.931 bits per heavy atom. The zero-order valence-electron chi connectivity index (χ0n) is 15.2. The molecule has 1 aromatic heterocycles. The van der Waals surface area contributed by atoms with Gasteiger partial charge in [0.05, 0.1) is 23.9 Å². The molecule has 1 saturated heterocycles. The Bertz CT molecular complexity index is 1050. The summed E-state index contributed by atoms with van der Waals surface area (Å²) in [6.07, 6.45) is 1.64. The molecule has 2 aromatic carbocycles. The van der Waals surface area contributed by atoms with E-state index in [4.69, 9.17) is 39.5 Å². The van der Waals surface area contributed by atoms with Crippen molar-refractivity contribution in [2.24, 2.45) is 0 Å². The Morgan fingerprint density at radius 2 is 1.62 bits per heavy atom. The summed E-state index contributed by atoms with van der Waals surface area (Å²) < 4.78 is 5.32. The van der Waals surface area contributed by atoms with Crippen LogP contribution in [0.15, 0.2) is 48.7 Å². The monoisotopic (exact) mass is 447 g/mol. The summed E-state index contributed by atoms with van der Waals surface area (Å²) in [5.74, 6) is -0.118. The zero-order valence-corrected chi connectivity index (χ0v) is 17.5. The third kappa shape index (κ3) is 4.38. The van der Waals surface area contributed by atoms with Gasteiger partial charge < -0.3 is 9.64 Å². The SMILES string of the molecule is O=C(c1ncc(-c2ccc(Cl)cc2)c(-c2ccc(Cl)cc2Cl)n1)N1CCOCC1. The van der Waals surface area contributed by atoms with Crippen molar-refractivity contribution in [3.05, 3.63) is 69.6 Å². The predicted molar refractivity (Wildman–Crippen MR) is 115 cm³/mol. The van der Waals surface area contributed by atoms with Gasteiger partial charge in [-0.1, -0.05) is 46.9 Å². The van der Waals surface area contributed by atoms with Crippen molar-refractivity contribution in [3.63, 3.8) is 0 Å². The van der Waals surface area contributed by atoms with Gasteiger partial charge in [0, 0.05) is 40.5 Å². The maximum Gasteiger partial charge on any atom is 0.291 e. The smallest absolute Gasteiger partial charge is 0.291 e. The van der Waals surface area contributed by atoms with Crippen LogP contribution >= 0.6 is 34.8 Å². The number of nitrogens with zero attached hydrogens (tertiary/aromatic N) is 3. The van der Waals surface area contributed by atoms with Crippen molar-refractivity contribution in [2.75, 3.05) is 26.3 Å². The van der Waals surface area contributed by atoms with E-state index in [1.54, 1.807) is 41.4 Å². The molecule has 0 bridgehead atoms. The highest BCUT2D eigenvalue weighted by atomic mass is 35.5. The number of hydrogen-bond acceptors (Lipinski definition) is 4. The summed E-state index contributed by atoms with van der Waals surface area (Å²) in [5, 5.41) is 1.58. The topological polar surface area (TPSA) is 55.3 Å². The second-order valence-electron chi connectivity index (χ2n) is 6.49. The third-order valence-corrected chi connectivity index (χ3v) is 5.42. The van der Waals surface area contributed by atoms with Crippen molar-refractivity contribution in [3.8, 4) is 22.4 Å². The van der Waals surface area contributed by atoms with Gasteiger partial charge in [0.15, 0.2) is 0 Å². The van der Waals surface area contributed by atoms with E-state index in [0.29, 0.717) is 52.6 Å². The lowest BCUT2D eigenvalue weighted by molar-refractivity contribution is 0.0295. The number of benzene rings is 2. The van der Waals surface area contributed by atoms with Crippen molar-refractivity contribution in [1.82, 2.24) is 14.9 Å². The van der Waals surface area contributed by atoms with Gasteiger partial charge in [-0.15, -0.1) is 0 Å². The largest absolute Gasteiger partial charge is 0.378 e. The van der Waals surface area contributed by atoms with E-state index in [1.807, 2.05) is 12.1 Å². The number of morpholine rings is 1. The van der Waals surface area contributed by atoms with Crippen LogP contribution in [0.3, 0.4) is 0 Å². The minimum absolute atomic E-state index is 0.116. The highest BCUT2D eigenvalue weighted by molar-refractivity contribution is 6.36. The van der Waals surface area contributed by atoms with E-state index in [9.17, 15) is 4.79 Å². The van der Waals surface area contributed by atoms with Crippen molar-refractivity contribution in [1.29, 1.82) is 0 Å². The molecule has 3 aromatic rings. The summed E-state index contributed by atoms with van der Waals surface area (Å²) in [6.45, 7) is 2.03. The van der Waals surface area contributed by atoms with Gasteiger partial charge in [-0.3, -0.25) is 4.79 Å². The maximum atomic E-state index is 12.9. The normalized spacial score (nSPS) is 14.1. The molecule has 4 rings (SSSR count). The maximum absolute atomic E-state index is 12.9. The minimum Gasteiger partial charge on any atom is -0.378 e. The van der Waals surface area contributed by atoms with Crippen LogP contribution in [0.2, 0.25) is 15.1 Å². The van der Waals surface area contributed by atoms with E-state index in [0.717, 1.165) is 11.1 Å². The molecule has 0 N–H and O–H groups in total. The molecular weight excluding hydrogens is 433 g/mol. The number of carbonyl (C=O) groups is 1. The van der Waals surface area contributed by atoms with E-state index in [2.05, 4.69) is 9.97 Å². The Hall–Kier alpha value is -2.18. The number of aromatic nitrogens is 2. The van der Waals surface area contributed by atoms with Crippen molar-refractivity contribution < 1.29 is 9.53 Å². The van der Waals surface area contributed by atoms with Crippen LogP contribution in [-0.2, 0) is 4.74 Å². The molecule has 1 amide bonds. The Labute approximate surface area is 183 Å². The van der Waals surface area contributed by atoms with Crippen LogP contribution in [-0.4, -0.2) is 47.1 Å². The van der Waals surface area contributed by atoms with Crippen LogP contribution in [0.25, 0.3) is 22.4 Å². The Kier molecular flexibility index (Phi) is 6.01. The van der Waals surface area contributed by atoms with Crippen LogP contribution in [0, 0.1) is 0 Å². The highest BCUT2D eigenvalue weighted by Gasteiger charge is 2.23. The number of carbonyl (C=O) groups excluding carboxylic acids is 1. The molecule has 0 saturated carbocycles. The lowest BCUT2D eigenvalue weighted by Gasteiger charge is -2.26. The predicted octanol–water partition coefficient (Wildman–Crippen LogP) is 5.24. The zero-order chi connectivity index (χ0) is 20.4. The Balaban J connectivity index is 1.83. The van der Waals surface area contributed by atoms with Crippen molar-refractivity contribution in [2.45, 2.75) is 0 Å². The second kappa shape index (κ2) is 8.67. The second-order valence-corrected chi connectivity index (χ2v) is 7.77. The van der Waals surface area contributed by atoms with Gasteiger partial charge in [0.25, 0.3) is 5.91 Å². The van der Waals surface area contributed by atoms with Gasteiger partial charge >= 0.3 is 0 Å². The fraction of sp³-hybridized carbons (Fsp3) is 0.190. The molecule has 148 valence electrons. The molecule has 1 aliphatic heterocycles. The van der Waals surface area contributed by atoms with E-state index in [1.165, 1.54) is 0 Å². The molecule has 8 heteroatoms. The first-order valence-electron chi connectivity index (χ1n) is 8.98. The molecular formula is C21H16Cl3N3O2. The molecule has 0 radical (unpaired) electrons. The first-order chi connectivity index (χ1) is 14.0. The lowest BCUT2D eigenvalue weighted by atomic mass is 10.0. The van der Waals surface area contributed by atoms with Crippen LogP contribution < -0.4 is 0 Å². The van der Waals surface area contributed by atoms with E-state index >= 15 is 0 Å². The number of halogens is 3.